The van der Waals surface area contributed by atoms with Crippen LogP contribution in [0.15, 0.2) is 18.2 Å². The van der Waals surface area contributed by atoms with Gasteiger partial charge in [0.25, 0.3) is 0 Å². The number of nitrogens with one attached hydrogen (secondary N) is 1. The molecule has 1 N–H and O–H groups in total. The fourth-order valence-electron chi connectivity index (χ4n) is 3.16. The van der Waals surface area contributed by atoms with Crippen molar-refractivity contribution in [3.63, 3.8) is 0 Å². The molecule has 29 heavy (non-hydrogen) atoms. The highest BCUT2D eigenvalue weighted by Gasteiger charge is 2.25. The number of methoxy groups -OCH3 is 1. The Hall–Kier alpha value is -2.14. The number of carbonyl (C=O) groups excluding carboxylic acids is 1. The van der Waals surface area contributed by atoms with Crippen LogP contribution >= 0.6 is 0 Å². The first-order valence-corrected chi connectivity index (χ1v) is 11.0. The average Bonchev–Trinajstić information content (AvgIpc) is 2.66. The van der Waals surface area contributed by atoms with Gasteiger partial charge in [0, 0.05) is 33.2 Å². The van der Waals surface area contributed by atoms with Gasteiger partial charge in [0.05, 0.1) is 13.4 Å². The Morgan fingerprint density at radius 3 is 2.52 bits per heavy atom. The topological polar surface area (TPSA) is 88.2 Å². The molecule has 11 heteroatoms. The van der Waals surface area contributed by atoms with Crippen LogP contribution in [0.4, 0.5) is 13.6 Å². The number of piperidine rings is 1. The highest BCUT2D eigenvalue weighted by molar-refractivity contribution is 7.88. The van der Waals surface area contributed by atoms with Crippen molar-refractivity contribution in [2.24, 2.45) is 5.92 Å². The molecule has 0 bridgehead atoms. The molecule has 2 rings (SSSR count). The van der Waals surface area contributed by atoms with Crippen molar-refractivity contribution < 1.29 is 31.5 Å². The third-order valence-corrected chi connectivity index (χ3v) is 6.10. The van der Waals surface area contributed by atoms with Gasteiger partial charge in [-0.1, -0.05) is 6.07 Å². The SMILES string of the molecule is COc1cc(CN(C)C(=O)NCC2CCN(S(C)(=O)=O)CC2)ccc1OC(F)F. The molecule has 8 nitrogen and oxygen atoms in total. The van der Waals surface area contributed by atoms with Gasteiger partial charge in [0.1, 0.15) is 0 Å². The second-order valence-electron chi connectivity index (χ2n) is 7.01. The van der Waals surface area contributed by atoms with Gasteiger partial charge in [-0.3, -0.25) is 0 Å². The Bertz CT molecular complexity index is 799. The number of amides is 2. The largest absolute Gasteiger partial charge is 0.493 e. The highest BCUT2D eigenvalue weighted by atomic mass is 32.2. The Labute approximate surface area is 169 Å². The zero-order valence-corrected chi connectivity index (χ0v) is 17.5. The van der Waals surface area contributed by atoms with Crippen LogP contribution in [0.5, 0.6) is 11.5 Å². The standard InChI is InChI=1S/C18H27F2N3O5S/c1-22(12-14-4-5-15(28-17(19)20)16(10-14)27-2)18(24)21-11-13-6-8-23(9-7-13)29(3,25)26/h4-5,10,13,17H,6-9,11-12H2,1-3H3,(H,21,24). The van der Waals surface area contributed by atoms with Crippen LogP contribution in [0.3, 0.4) is 0 Å². The minimum Gasteiger partial charge on any atom is -0.493 e. The molecule has 1 aromatic carbocycles. The highest BCUT2D eigenvalue weighted by Crippen LogP contribution is 2.29. The number of halogens is 2. The van der Waals surface area contributed by atoms with Crippen molar-refractivity contribution in [1.82, 2.24) is 14.5 Å². The predicted molar refractivity (Wildman–Crippen MR) is 104 cm³/mol. The molecule has 1 aliphatic rings. The Morgan fingerprint density at radius 1 is 1.31 bits per heavy atom. The molecule has 1 fully saturated rings. The van der Waals surface area contributed by atoms with Gasteiger partial charge >= 0.3 is 12.6 Å². The van der Waals surface area contributed by atoms with Crippen LogP contribution in [-0.4, -0.2) is 70.3 Å². The number of nitrogens with zero attached hydrogens (tertiary/aromatic N) is 2. The molecule has 0 spiro atoms. The first-order chi connectivity index (χ1) is 13.6. The normalized spacial score (nSPS) is 15.9. The van der Waals surface area contributed by atoms with Crippen molar-refractivity contribution in [2.75, 3.05) is 40.0 Å². The van der Waals surface area contributed by atoms with E-state index in [4.69, 9.17) is 4.74 Å². The number of benzene rings is 1. The minimum atomic E-state index is -3.17. The number of urea groups is 1. The number of hydrogen-bond acceptors (Lipinski definition) is 5. The first kappa shape index (κ1) is 23.1. The zero-order chi connectivity index (χ0) is 21.6. The third kappa shape index (κ3) is 7.00. The molecule has 0 aliphatic carbocycles. The van der Waals surface area contributed by atoms with Crippen molar-refractivity contribution in [1.29, 1.82) is 0 Å². The zero-order valence-electron chi connectivity index (χ0n) is 16.7. The second kappa shape index (κ2) is 10.1. The molecule has 0 unspecified atom stereocenters. The molecular formula is C18H27F2N3O5S. The number of alkyl halides is 2. The minimum absolute atomic E-state index is 0.0706. The van der Waals surface area contributed by atoms with Crippen LogP contribution < -0.4 is 14.8 Å². The summed E-state index contributed by atoms with van der Waals surface area (Å²) in [5.74, 6) is 0.309. The monoisotopic (exact) mass is 435 g/mol. The quantitative estimate of drug-likeness (QED) is 0.676. The molecule has 1 aromatic rings. The van der Waals surface area contributed by atoms with Gasteiger partial charge in [-0.25, -0.2) is 17.5 Å². The maximum Gasteiger partial charge on any atom is 0.387 e. The van der Waals surface area contributed by atoms with Crippen molar-refractivity contribution in [3.8, 4) is 11.5 Å². The summed E-state index contributed by atoms with van der Waals surface area (Å²) in [7, 11) is -0.194. The van der Waals surface area contributed by atoms with Crippen molar-refractivity contribution in [3.05, 3.63) is 23.8 Å². The first-order valence-electron chi connectivity index (χ1n) is 9.16. The summed E-state index contributed by atoms with van der Waals surface area (Å²) in [6, 6.07) is 4.23. The number of rotatable bonds is 8. The Balaban J connectivity index is 1.83. The van der Waals surface area contributed by atoms with E-state index in [0.717, 1.165) is 0 Å². The van der Waals surface area contributed by atoms with E-state index < -0.39 is 16.6 Å². The number of carbonyl (C=O) groups is 1. The van der Waals surface area contributed by atoms with Crippen LogP contribution in [0.2, 0.25) is 0 Å². The average molecular weight is 435 g/mol. The summed E-state index contributed by atoms with van der Waals surface area (Å²) in [4.78, 5) is 13.8. The van der Waals surface area contributed by atoms with Gasteiger partial charge in [-0.15, -0.1) is 0 Å². The molecule has 2 amide bonds. The molecule has 1 aliphatic heterocycles. The fraction of sp³-hybridized carbons (Fsp3) is 0.611. The lowest BCUT2D eigenvalue weighted by Crippen LogP contribution is -2.43. The smallest absolute Gasteiger partial charge is 0.387 e. The molecule has 164 valence electrons. The maximum atomic E-state index is 12.4. The summed E-state index contributed by atoms with van der Waals surface area (Å²) < 4.78 is 58.8. The van der Waals surface area contributed by atoms with Gasteiger partial charge < -0.3 is 19.7 Å². The Kier molecular flexibility index (Phi) is 8.03. The predicted octanol–water partition coefficient (Wildman–Crippen LogP) is 2.11. The third-order valence-electron chi connectivity index (χ3n) is 4.80. The lowest BCUT2D eigenvalue weighted by molar-refractivity contribution is -0.0512. The van der Waals surface area contributed by atoms with Gasteiger partial charge in [0.2, 0.25) is 10.0 Å². The van der Waals surface area contributed by atoms with Crippen molar-refractivity contribution in [2.45, 2.75) is 26.0 Å². The van der Waals surface area contributed by atoms with E-state index in [1.807, 2.05) is 0 Å². The van der Waals surface area contributed by atoms with E-state index >= 15 is 0 Å². The van der Waals surface area contributed by atoms with Crippen LogP contribution in [-0.2, 0) is 16.6 Å². The van der Waals surface area contributed by atoms with E-state index in [-0.39, 0.29) is 30.0 Å². The number of ether oxygens (including phenoxy) is 2. The van der Waals surface area contributed by atoms with Gasteiger partial charge in [-0.2, -0.15) is 8.78 Å². The Morgan fingerprint density at radius 2 is 1.97 bits per heavy atom. The van der Waals surface area contributed by atoms with Crippen LogP contribution in [0.1, 0.15) is 18.4 Å². The molecule has 0 atom stereocenters. The molecule has 0 radical (unpaired) electrons. The summed E-state index contributed by atoms with van der Waals surface area (Å²) in [6.07, 6.45) is 2.59. The molecule has 1 heterocycles. The molecule has 0 aromatic heterocycles. The second-order valence-corrected chi connectivity index (χ2v) is 8.99. The van der Waals surface area contributed by atoms with E-state index in [1.54, 1.807) is 19.2 Å². The van der Waals surface area contributed by atoms with Crippen molar-refractivity contribution >= 4 is 16.1 Å². The molecule has 1 saturated heterocycles. The number of sulfonamides is 1. The lowest BCUT2D eigenvalue weighted by atomic mass is 9.98. The summed E-state index contributed by atoms with van der Waals surface area (Å²) in [5, 5.41) is 2.86. The van der Waals surface area contributed by atoms with Gasteiger partial charge in [0.15, 0.2) is 11.5 Å². The maximum absolute atomic E-state index is 12.4. The summed E-state index contributed by atoms with van der Waals surface area (Å²) >= 11 is 0. The molecule has 0 saturated carbocycles. The summed E-state index contributed by atoms with van der Waals surface area (Å²) in [5.41, 5.74) is 0.697. The van der Waals surface area contributed by atoms with E-state index in [2.05, 4.69) is 10.1 Å². The van der Waals surface area contributed by atoms with E-state index in [9.17, 15) is 22.0 Å². The van der Waals surface area contributed by atoms with Gasteiger partial charge in [-0.05, 0) is 36.5 Å². The summed E-state index contributed by atoms with van der Waals surface area (Å²) in [6.45, 7) is -1.31. The molecular weight excluding hydrogens is 408 g/mol. The lowest BCUT2D eigenvalue weighted by Gasteiger charge is -2.30. The fourth-order valence-corrected chi connectivity index (χ4v) is 4.04. The van der Waals surface area contributed by atoms with E-state index in [0.29, 0.717) is 38.0 Å². The van der Waals surface area contributed by atoms with Crippen LogP contribution in [0.25, 0.3) is 0 Å². The van der Waals surface area contributed by atoms with E-state index in [1.165, 1.54) is 28.6 Å². The number of hydrogen-bond donors (Lipinski definition) is 1. The van der Waals surface area contributed by atoms with Crippen LogP contribution in [0, 0.1) is 5.92 Å².